The number of carbonyl (C=O) groups excluding carboxylic acids is 2. The van der Waals surface area contributed by atoms with Crippen molar-refractivity contribution in [3.05, 3.63) is 47.6 Å². The average Bonchev–Trinajstić information content (AvgIpc) is 2.76. The van der Waals surface area contributed by atoms with Gasteiger partial charge in [-0.3, -0.25) is 4.79 Å². The highest BCUT2D eigenvalue weighted by molar-refractivity contribution is 6.00. The Morgan fingerprint density at radius 1 is 1.10 bits per heavy atom. The molecule has 1 aromatic rings. The lowest BCUT2D eigenvalue weighted by atomic mass is 10.00. The van der Waals surface area contributed by atoms with E-state index in [1.165, 1.54) is 6.07 Å². The van der Waals surface area contributed by atoms with Crippen LogP contribution in [0.4, 0.5) is 0 Å². The average molecular weight is 428 g/mol. The Bertz CT molecular complexity index is 884. The second kappa shape index (κ2) is 11.2. The molecule has 0 atom stereocenters. The number of cyclic esters (lactones) is 1. The number of amides is 1. The number of phenols is 2. The number of nitrogens with zero attached hydrogens (tertiary/aromatic N) is 2. The van der Waals surface area contributed by atoms with Gasteiger partial charge in [0.2, 0.25) is 0 Å². The summed E-state index contributed by atoms with van der Waals surface area (Å²) in [5.74, 6) is -1.36. The van der Waals surface area contributed by atoms with E-state index in [0.29, 0.717) is 11.3 Å². The quantitative estimate of drug-likeness (QED) is 0.435. The van der Waals surface area contributed by atoms with Crippen LogP contribution >= 0.6 is 0 Å². The van der Waals surface area contributed by atoms with Crippen LogP contribution in [0.15, 0.2) is 41.6 Å². The molecule has 1 saturated heterocycles. The molecule has 2 aliphatic rings. The second-order valence-electron chi connectivity index (χ2n) is 7.52. The Morgan fingerprint density at radius 2 is 1.87 bits per heavy atom. The number of carbonyl (C=O) groups is 2. The van der Waals surface area contributed by atoms with Crippen LogP contribution in [0.1, 0.15) is 48.0 Å². The van der Waals surface area contributed by atoms with Crippen LogP contribution < -0.4 is 0 Å². The van der Waals surface area contributed by atoms with Crippen LogP contribution in [0.2, 0.25) is 0 Å². The van der Waals surface area contributed by atoms with Gasteiger partial charge >= 0.3 is 5.97 Å². The van der Waals surface area contributed by atoms with Crippen molar-refractivity contribution in [2.75, 3.05) is 26.3 Å². The van der Waals surface area contributed by atoms with Gasteiger partial charge in [0.25, 0.3) is 5.91 Å². The molecule has 0 spiro atoms. The molecule has 0 aliphatic carbocycles. The van der Waals surface area contributed by atoms with Crippen LogP contribution in [0.3, 0.4) is 0 Å². The summed E-state index contributed by atoms with van der Waals surface area (Å²) in [6.07, 6.45) is 12.1. The third-order valence-electron chi connectivity index (χ3n) is 5.13. The minimum Gasteiger partial charge on any atom is -0.508 e. The van der Waals surface area contributed by atoms with Gasteiger partial charge in [-0.05, 0) is 49.8 Å². The molecule has 8 heteroatoms. The standard InChI is InChI=1S/C23H28N2O6/c26-19-14-17-13-18(24-31-16-21(28)25-10-6-4-7-11-25)9-5-2-1-3-8-12-30-23(29)22(17)20(27)15-19/h3,5,8-9,14-15,26-27H,1-2,4,6-7,10-13,16H2/b8-3+,9-5+,24-18+. The van der Waals surface area contributed by atoms with Crippen LogP contribution in [0, 0.1) is 0 Å². The van der Waals surface area contributed by atoms with E-state index in [9.17, 15) is 19.8 Å². The van der Waals surface area contributed by atoms with Crippen LogP contribution in [-0.4, -0.2) is 59.0 Å². The normalized spacial score (nSPS) is 21.1. The third-order valence-corrected chi connectivity index (χ3v) is 5.13. The molecule has 0 unspecified atom stereocenters. The second-order valence-corrected chi connectivity index (χ2v) is 7.52. The lowest BCUT2D eigenvalue weighted by Gasteiger charge is -2.26. The van der Waals surface area contributed by atoms with Gasteiger partial charge in [-0.2, -0.15) is 0 Å². The van der Waals surface area contributed by atoms with Crippen LogP contribution in [0.25, 0.3) is 0 Å². The van der Waals surface area contributed by atoms with Crippen molar-refractivity contribution in [1.82, 2.24) is 4.90 Å². The van der Waals surface area contributed by atoms with E-state index in [0.717, 1.165) is 51.3 Å². The molecule has 0 bridgehead atoms. The lowest BCUT2D eigenvalue weighted by Crippen LogP contribution is -2.37. The minimum absolute atomic E-state index is 0.0315. The van der Waals surface area contributed by atoms with E-state index in [-0.39, 0.29) is 42.6 Å². The van der Waals surface area contributed by atoms with Crippen molar-refractivity contribution in [3.8, 4) is 11.5 Å². The Balaban J connectivity index is 1.80. The number of piperidine rings is 1. The van der Waals surface area contributed by atoms with Gasteiger partial charge in [0, 0.05) is 25.6 Å². The summed E-state index contributed by atoms with van der Waals surface area (Å²) in [7, 11) is 0. The van der Waals surface area contributed by atoms with Gasteiger partial charge in [-0.15, -0.1) is 0 Å². The molecule has 0 radical (unpaired) electrons. The SMILES string of the molecule is O=C1OC/C=C/CC/C=C/C(=N\OCC(=O)N2CCCCC2)Cc2cc(O)cc(O)c21. The minimum atomic E-state index is -0.694. The summed E-state index contributed by atoms with van der Waals surface area (Å²) >= 11 is 0. The molecule has 1 fully saturated rings. The first-order valence-electron chi connectivity index (χ1n) is 10.5. The molecule has 0 aromatic heterocycles. The highest BCUT2D eigenvalue weighted by Gasteiger charge is 2.21. The molecule has 31 heavy (non-hydrogen) atoms. The predicted molar refractivity (Wildman–Crippen MR) is 115 cm³/mol. The summed E-state index contributed by atoms with van der Waals surface area (Å²) in [5, 5.41) is 24.2. The Labute approximate surface area is 181 Å². The first-order chi connectivity index (χ1) is 15.0. The number of allylic oxidation sites excluding steroid dienone is 3. The molecule has 166 valence electrons. The number of aromatic hydroxyl groups is 2. The van der Waals surface area contributed by atoms with E-state index in [4.69, 9.17) is 9.57 Å². The van der Waals surface area contributed by atoms with Gasteiger partial charge in [-0.25, -0.2) is 4.79 Å². The maximum absolute atomic E-state index is 12.5. The zero-order valence-electron chi connectivity index (χ0n) is 17.5. The van der Waals surface area contributed by atoms with E-state index in [1.807, 2.05) is 12.2 Å². The molecule has 1 aromatic carbocycles. The number of hydrogen-bond acceptors (Lipinski definition) is 7. The van der Waals surface area contributed by atoms with Gasteiger partial charge in [-0.1, -0.05) is 23.4 Å². The largest absolute Gasteiger partial charge is 0.508 e. The van der Waals surface area contributed by atoms with Crippen molar-refractivity contribution in [2.45, 2.75) is 38.5 Å². The first kappa shape index (κ1) is 22.4. The number of fused-ring (bicyclic) bond motifs is 1. The van der Waals surface area contributed by atoms with Gasteiger partial charge in [0.15, 0.2) is 6.61 Å². The van der Waals surface area contributed by atoms with E-state index >= 15 is 0 Å². The lowest BCUT2D eigenvalue weighted by molar-refractivity contribution is -0.137. The fraction of sp³-hybridized carbons (Fsp3) is 0.435. The smallest absolute Gasteiger partial charge is 0.342 e. The summed E-state index contributed by atoms with van der Waals surface area (Å²) in [4.78, 5) is 31.9. The Kier molecular flexibility index (Phi) is 8.09. The van der Waals surface area contributed by atoms with E-state index in [1.54, 1.807) is 17.1 Å². The van der Waals surface area contributed by atoms with Crippen molar-refractivity contribution < 1.29 is 29.4 Å². The monoisotopic (exact) mass is 428 g/mol. The number of benzene rings is 1. The number of phenolic OH excluding ortho intramolecular Hbond substituents is 2. The molecule has 2 heterocycles. The summed E-state index contributed by atoms with van der Waals surface area (Å²) in [6.45, 7) is 1.39. The highest BCUT2D eigenvalue weighted by atomic mass is 16.6. The number of rotatable bonds is 3. The fourth-order valence-corrected chi connectivity index (χ4v) is 3.56. The van der Waals surface area contributed by atoms with Crippen LogP contribution in [0.5, 0.6) is 11.5 Å². The van der Waals surface area contributed by atoms with Crippen molar-refractivity contribution in [2.24, 2.45) is 5.16 Å². The summed E-state index contributed by atoms with van der Waals surface area (Å²) in [6, 6.07) is 2.47. The van der Waals surface area contributed by atoms with Crippen molar-refractivity contribution >= 4 is 17.6 Å². The molecule has 3 rings (SSSR count). The molecule has 2 aliphatic heterocycles. The Morgan fingerprint density at radius 3 is 2.68 bits per heavy atom. The van der Waals surface area contributed by atoms with Gasteiger partial charge in [0.05, 0.1) is 5.71 Å². The number of oxime groups is 1. The maximum atomic E-state index is 12.5. The summed E-state index contributed by atoms with van der Waals surface area (Å²) in [5.41, 5.74) is 0.768. The Hall–Kier alpha value is -3.29. The molecular formula is C23H28N2O6. The maximum Gasteiger partial charge on any atom is 0.342 e. The number of ether oxygens (including phenoxy) is 1. The van der Waals surface area contributed by atoms with Crippen molar-refractivity contribution in [1.29, 1.82) is 0 Å². The van der Waals surface area contributed by atoms with Crippen LogP contribution in [-0.2, 0) is 20.8 Å². The van der Waals surface area contributed by atoms with Gasteiger partial charge < -0.3 is 24.7 Å². The highest BCUT2D eigenvalue weighted by Crippen LogP contribution is 2.29. The molecule has 1 amide bonds. The molecule has 2 N–H and O–H groups in total. The van der Waals surface area contributed by atoms with E-state index in [2.05, 4.69) is 5.16 Å². The fourth-order valence-electron chi connectivity index (χ4n) is 3.56. The first-order valence-corrected chi connectivity index (χ1v) is 10.5. The number of likely N-dealkylation sites (tertiary alicyclic amines) is 1. The number of esters is 1. The summed E-state index contributed by atoms with van der Waals surface area (Å²) < 4.78 is 5.21. The molecule has 0 saturated carbocycles. The topological polar surface area (TPSA) is 109 Å². The zero-order valence-corrected chi connectivity index (χ0v) is 17.5. The molecular weight excluding hydrogens is 400 g/mol. The third kappa shape index (κ3) is 6.60. The van der Waals surface area contributed by atoms with E-state index < -0.39 is 5.97 Å². The predicted octanol–water partition coefficient (Wildman–Crippen LogP) is 3.09. The zero-order chi connectivity index (χ0) is 22.1. The molecule has 8 nitrogen and oxygen atoms in total. The van der Waals surface area contributed by atoms with Gasteiger partial charge in [0.1, 0.15) is 23.7 Å². The van der Waals surface area contributed by atoms with Crippen molar-refractivity contribution in [3.63, 3.8) is 0 Å². The number of hydrogen-bond donors (Lipinski definition) is 2.